The van der Waals surface area contributed by atoms with Crippen LogP contribution in [-0.2, 0) is 16.4 Å². The van der Waals surface area contributed by atoms with Gasteiger partial charge in [-0.15, -0.1) is 10.2 Å². The third kappa shape index (κ3) is 4.22. The second kappa shape index (κ2) is 8.80. The predicted octanol–water partition coefficient (Wildman–Crippen LogP) is 3.55. The number of sulfone groups is 1. The van der Waals surface area contributed by atoms with Crippen LogP contribution in [0.15, 0.2) is 63.4 Å². The van der Waals surface area contributed by atoms with E-state index in [-0.39, 0.29) is 16.2 Å². The van der Waals surface area contributed by atoms with E-state index < -0.39 is 15.7 Å². The maximum absolute atomic E-state index is 13.0. The molecule has 0 aliphatic heterocycles. The second-order valence-electron chi connectivity index (χ2n) is 7.07. The molecule has 0 unspecified atom stereocenters. The zero-order valence-corrected chi connectivity index (χ0v) is 18.5. The van der Waals surface area contributed by atoms with Gasteiger partial charge in [0.15, 0.2) is 15.0 Å². The molecule has 0 fully saturated rings. The molecule has 0 amide bonds. The smallest absolute Gasteiger partial charge is 0.262 e. The van der Waals surface area contributed by atoms with E-state index in [1.807, 2.05) is 29.5 Å². The van der Waals surface area contributed by atoms with E-state index in [0.29, 0.717) is 35.0 Å². The minimum absolute atomic E-state index is 0.0519. The molecule has 0 aliphatic carbocycles. The highest BCUT2D eigenvalue weighted by Crippen LogP contribution is 2.23. The van der Waals surface area contributed by atoms with Crippen molar-refractivity contribution in [3.8, 4) is 0 Å². The number of aryl methyl sites for hydroxylation is 1. The van der Waals surface area contributed by atoms with E-state index in [2.05, 4.69) is 10.2 Å². The lowest BCUT2D eigenvalue weighted by Gasteiger charge is -2.10. The lowest BCUT2D eigenvalue weighted by atomic mass is 10.2. The molecule has 0 N–H and O–H groups in total. The Balaban J connectivity index is 1.57. The second-order valence-corrected chi connectivity index (χ2v) is 10.2. The van der Waals surface area contributed by atoms with Gasteiger partial charge in [0.2, 0.25) is 5.78 Å². The molecule has 0 radical (unpaired) electrons. The van der Waals surface area contributed by atoms with Gasteiger partial charge in [0.1, 0.15) is 5.82 Å². The van der Waals surface area contributed by atoms with Crippen LogP contribution >= 0.6 is 11.8 Å². The van der Waals surface area contributed by atoms with E-state index in [1.54, 1.807) is 10.6 Å². The van der Waals surface area contributed by atoms with E-state index in [1.165, 1.54) is 23.9 Å². The Hall–Kier alpha value is -2.72. The van der Waals surface area contributed by atoms with Crippen molar-refractivity contribution in [3.63, 3.8) is 0 Å². The quantitative estimate of drug-likeness (QED) is 0.227. The average Bonchev–Trinajstić information content (AvgIpc) is 3.18. The van der Waals surface area contributed by atoms with Gasteiger partial charge in [0.25, 0.3) is 5.56 Å². The molecular formula is C21H21FN4O3S2. The fourth-order valence-electron chi connectivity index (χ4n) is 3.42. The summed E-state index contributed by atoms with van der Waals surface area (Å²) in [7, 11) is -3.48. The van der Waals surface area contributed by atoms with Crippen LogP contribution in [0.2, 0.25) is 0 Å². The molecule has 0 spiro atoms. The number of fused-ring (bicyclic) bond motifs is 3. The Morgan fingerprint density at radius 3 is 2.55 bits per heavy atom. The lowest BCUT2D eigenvalue weighted by Crippen LogP contribution is -2.23. The molecule has 2 heterocycles. The lowest BCUT2D eigenvalue weighted by molar-refractivity contribution is 0.593. The fourth-order valence-corrected chi connectivity index (χ4v) is 5.80. The first-order valence-corrected chi connectivity index (χ1v) is 12.5. The molecule has 4 aromatic rings. The first kappa shape index (κ1) is 21.5. The molecule has 0 bridgehead atoms. The Labute approximate surface area is 182 Å². The molecule has 10 heteroatoms. The Kier molecular flexibility index (Phi) is 6.10. The number of hydrogen-bond donors (Lipinski definition) is 0. The van der Waals surface area contributed by atoms with Crippen molar-refractivity contribution in [1.82, 2.24) is 19.2 Å². The summed E-state index contributed by atoms with van der Waals surface area (Å²) in [4.78, 5) is 13.0. The van der Waals surface area contributed by atoms with Crippen molar-refractivity contribution >= 4 is 38.3 Å². The van der Waals surface area contributed by atoms with E-state index >= 15 is 0 Å². The SMILES string of the molecule is CCCn1c(=O)c2ccccc2n2c(SCCCS(=O)(=O)c3ccc(F)cc3)nnc12. The Morgan fingerprint density at radius 1 is 1.06 bits per heavy atom. The van der Waals surface area contributed by atoms with Gasteiger partial charge in [-0.3, -0.25) is 13.8 Å². The average molecular weight is 461 g/mol. The molecule has 0 aliphatic rings. The number of rotatable bonds is 8. The molecular weight excluding hydrogens is 439 g/mol. The third-order valence-electron chi connectivity index (χ3n) is 4.89. The monoisotopic (exact) mass is 460 g/mol. The van der Waals surface area contributed by atoms with Crippen LogP contribution in [0.4, 0.5) is 4.39 Å². The number of thioether (sulfide) groups is 1. The molecule has 0 atom stereocenters. The van der Waals surface area contributed by atoms with Crippen molar-refractivity contribution in [1.29, 1.82) is 0 Å². The topological polar surface area (TPSA) is 86.3 Å². The molecule has 7 nitrogen and oxygen atoms in total. The van der Waals surface area contributed by atoms with Crippen LogP contribution < -0.4 is 5.56 Å². The number of para-hydroxylation sites is 1. The summed E-state index contributed by atoms with van der Waals surface area (Å²) in [5, 5.41) is 9.68. The zero-order valence-electron chi connectivity index (χ0n) is 16.9. The maximum atomic E-state index is 13.0. The molecule has 4 rings (SSSR count). The van der Waals surface area contributed by atoms with Crippen LogP contribution in [0.3, 0.4) is 0 Å². The normalized spacial score (nSPS) is 12.1. The summed E-state index contributed by atoms with van der Waals surface area (Å²) in [6.45, 7) is 2.53. The summed E-state index contributed by atoms with van der Waals surface area (Å²) in [6, 6.07) is 12.2. The predicted molar refractivity (Wildman–Crippen MR) is 119 cm³/mol. The molecule has 2 aromatic carbocycles. The number of hydrogen-bond acceptors (Lipinski definition) is 6. The summed E-state index contributed by atoms with van der Waals surface area (Å²) in [6.07, 6.45) is 1.18. The largest absolute Gasteiger partial charge is 0.276 e. The zero-order chi connectivity index (χ0) is 22.0. The van der Waals surface area contributed by atoms with Gasteiger partial charge in [-0.25, -0.2) is 12.8 Å². The molecule has 31 heavy (non-hydrogen) atoms. The Morgan fingerprint density at radius 2 is 1.81 bits per heavy atom. The van der Waals surface area contributed by atoms with Gasteiger partial charge in [-0.2, -0.15) is 0 Å². The van der Waals surface area contributed by atoms with E-state index in [9.17, 15) is 17.6 Å². The van der Waals surface area contributed by atoms with Gasteiger partial charge in [0.05, 0.1) is 21.6 Å². The molecule has 162 valence electrons. The van der Waals surface area contributed by atoms with Crippen LogP contribution in [0.5, 0.6) is 0 Å². The maximum Gasteiger partial charge on any atom is 0.262 e. The summed E-state index contributed by atoms with van der Waals surface area (Å²) < 4.78 is 41.4. The highest BCUT2D eigenvalue weighted by Gasteiger charge is 2.18. The van der Waals surface area contributed by atoms with E-state index in [0.717, 1.165) is 24.1 Å². The molecule has 2 aromatic heterocycles. The van der Waals surface area contributed by atoms with Crippen LogP contribution in [0.25, 0.3) is 16.7 Å². The van der Waals surface area contributed by atoms with Crippen molar-refractivity contribution in [3.05, 3.63) is 64.7 Å². The summed E-state index contributed by atoms with van der Waals surface area (Å²) in [5.74, 6) is 0.459. The number of nitrogens with zero attached hydrogens (tertiary/aromatic N) is 4. The van der Waals surface area contributed by atoms with Crippen molar-refractivity contribution in [2.75, 3.05) is 11.5 Å². The van der Waals surface area contributed by atoms with Gasteiger partial charge in [-0.1, -0.05) is 30.8 Å². The van der Waals surface area contributed by atoms with Gasteiger partial charge < -0.3 is 0 Å². The van der Waals surface area contributed by atoms with Crippen LogP contribution in [-0.4, -0.2) is 39.1 Å². The van der Waals surface area contributed by atoms with Gasteiger partial charge in [0, 0.05) is 12.3 Å². The standard InChI is InChI=1S/C21H21FN4O3S2/c1-2-12-25-19(27)17-6-3-4-7-18(17)26-20(25)23-24-21(26)30-13-5-14-31(28,29)16-10-8-15(22)9-11-16/h3-4,6-11H,2,5,12-14H2,1H3. The minimum Gasteiger partial charge on any atom is -0.276 e. The molecule has 0 saturated heterocycles. The third-order valence-corrected chi connectivity index (χ3v) is 7.72. The van der Waals surface area contributed by atoms with Gasteiger partial charge >= 0.3 is 0 Å². The Bertz CT molecular complexity index is 1400. The van der Waals surface area contributed by atoms with Crippen molar-refractivity contribution in [2.45, 2.75) is 36.4 Å². The van der Waals surface area contributed by atoms with Crippen molar-refractivity contribution < 1.29 is 12.8 Å². The minimum atomic E-state index is -3.48. The first-order valence-electron chi connectivity index (χ1n) is 9.90. The molecule has 0 saturated carbocycles. The van der Waals surface area contributed by atoms with Crippen molar-refractivity contribution in [2.24, 2.45) is 0 Å². The first-order chi connectivity index (χ1) is 14.9. The van der Waals surface area contributed by atoms with E-state index in [4.69, 9.17) is 0 Å². The number of halogens is 1. The van der Waals surface area contributed by atoms with Crippen LogP contribution in [0.1, 0.15) is 19.8 Å². The van der Waals surface area contributed by atoms with Crippen LogP contribution in [0, 0.1) is 5.82 Å². The van der Waals surface area contributed by atoms with Gasteiger partial charge in [-0.05, 0) is 49.2 Å². The fraction of sp³-hybridized carbons (Fsp3) is 0.286. The summed E-state index contributed by atoms with van der Waals surface area (Å²) in [5.41, 5.74) is 0.626. The highest BCUT2D eigenvalue weighted by molar-refractivity contribution is 7.99. The summed E-state index contributed by atoms with van der Waals surface area (Å²) >= 11 is 1.39. The number of benzene rings is 2. The highest BCUT2D eigenvalue weighted by atomic mass is 32.2. The number of aromatic nitrogens is 4.